The third-order valence-electron chi connectivity index (χ3n) is 4.98. The molecule has 0 saturated carbocycles. The highest BCUT2D eigenvalue weighted by molar-refractivity contribution is 5.81. The summed E-state index contributed by atoms with van der Waals surface area (Å²) in [5.74, 6) is 1.88. The van der Waals surface area contributed by atoms with E-state index < -0.39 is 0 Å². The number of fused-ring (bicyclic) bond motifs is 1. The van der Waals surface area contributed by atoms with Crippen molar-refractivity contribution in [2.24, 2.45) is 5.92 Å². The molecule has 0 saturated heterocycles. The van der Waals surface area contributed by atoms with Crippen molar-refractivity contribution in [1.82, 2.24) is 9.55 Å². The molecule has 0 unspecified atom stereocenters. The SMILES string of the molecule is Cc1cccc(-c2nc3ccc(C)cc3c(=O)n2-c2ccc(OCC(C)C)cc2)c1. The van der Waals surface area contributed by atoms with Gasteiger partial charge in [-0.05, 0) is 62.2 Å². The molecular weight excluding hydrogens is 372 g/mol. The van der Waals surface area contributed by atoms with E-state index in [2.05, 4.69) is 19.9 Å². The lowest BCUT2D eigenvalue weighted by Crippen LogP contribution is -2.22. The summed E-state index contributed by atoms with van der Waals surface area (Å²) in [6, 6.07) is 21.5. The van der Waals surface area contributed by atoms with E-state index in [0.29, 0.717) is 29.3 Å². The summed E-state index contributed by atoms with van der Waals surface area (Å²) in [5.41, 5.74) is 4.47. The average molecular weight is 399 g/mol. The molecule has 0 fully saturated rings. The fourth-order valence-electron chi connectivity index (χ4n) is 3.47. The zero-order valence-corrected chi connectivity index (χ0v) is 17.8. The van der Waals surface area contributed by atoms with Crippen LogP contribution < -0.4 is 10.3 Å². The Kier molecular flexibility index (Phi) is 5.40. The Morgan fingerprint density at radius 1 is 0.933 bits per heavy atom. The Labute approximate surface area is 176 Å². The Morgan fingerprint density at radius 3 is 2.37 bits per heavy atom. The van der Waals surface area contributed by atoms with Crippen molar-refractivity contribution in [2.75, 3.05) is 6.61 Å². The number of aryl methyl sites for hydroxylation is 2. The molecule has 0 spiro atoms. The number of hydrogen-bond donors (Lipinski definition) is 0. The van der Waals surface area contributed by atoms with Gasteiger partial charge in [0.15, 0.2) is 0 Å². The predicted molar refractivity (Wildman–Crippen MR) is 123 cm³/mol. The highest BCUT2D eigenvalue weighted by atomic mass is 16.5. The molecule has 0 amide bonds. The number of ether oxygens (including phenoxy) is 1. The van der Waals surface area contributed by atoms with Gasteiger partial charge in [-0.15, -0.1) is 0 Å². The molecule has 152 valence electrons. The van der Waals surface area contributed by atoms with E-state index in [-0.39, 0.29) is 5.56 Å². The minimum atomic E-state index is -0.0731. The molecule has 0 bridgehead atoms. The van der Waals surface area contributed by atoms with E-state index >= 15 is 0 Å². The van der Waals surface area contributed by atoms with Crippen LogP contribution in [0.2, 0.25) is 0 Å². The van der Waals surface area contributed by atoms with Gasteiger partial charge < -0.3 is 4.74 Å². The minimum absolute atomic E-state index is 0.0731. The van der Waals surface area contributed by atoms with Crippen LogP contribution in [0.1, 0.15) is 25.0 Å². The molecule has 4 heteroatoms. The van der Waals surface area contributed by atoms with Crippen LogP contribution in [-0.2, 0) is 0 Å². The molecule has 1 aromatic heterocycles. The molecule has 0 aliphatic carbocycles. The van der Waals surface area contributed by atoms with Gasteiger partial charge >= 0.3 is 0 Å². The van der Waals surface area contributed by atoms with Crippen molar-refractivity contribution < 1.29 is 4.74 Å². The van der Waals surface area contributed by atoms with Crippen molar-refractivity contribution in [2.45, 2.75) is 27.7 Å². The molecule has 3 aromatic carbocycles. The first-order valence-electron chi connectivity index (χ1n) is 10.3. The van der Waals surface area contributed by atoms with Crippen LogP contribution in [-0.4, -0.2) is 16.2 Å². The zero-order valence-electron chi connectivity index (χ0n) is 17.8. The summed E-state index contributed by atoms with van der Waals surface area (Å²) >= 11 is 0. The number of benzene rings is 3. The number of hydrogen-bond acceptors (Lipinski definition) is 3. The molecule has 0 N–H and O–H groups in total. The van der Waals surface area contributed by atoms with E-state index in [1.54, 1.807) is 4.57 Å². The second kappa shape index (κ2) is 8.15. The molecule has 4 aromatic rings. The molecule has 0 atom stereocenters. The quantitative estimate of drug-likeness (QED) is 0.433. The maximum Gasteiger partial charge on any atom is 0.266 e. The summed E-state index contributed by atoms with van der Waals surface area (Å²) in [6.45, 7) is 8.91. The zero-order chi connectivity index (χ0) is 21.3. The van der Waals surface area contributed by atoms with E-state index in [0.717, 1.165) is 28.1 Å². The van der Waals surface area contributed by atoms with Crippen LogP contribution in [0.25, 0.3) is 28.0 Å². The van der Waals surface area contributed by atoms with Gasteiger partial charge in [-0.1, -0.05) is 49.2 Å². The number of nitrogens with zero attached hydrogens (tertiary/aromatic N) is 2. The van der Waals surface area contributed by atoms with Crippen molar-refractivity contribution >= 4 is 10.9 Å². The van der Waals surface area contributed by atoms with E-state index in [1.165, 1.54) is 0 Å². The monoisotopic (exact) mass is 398 g/mol. The van der Waals surface area contributed by atoms with Gasteiger partial charge in [0.2, 0.25) is 0 Å². The molecular formula is C26H26N2O2. The van der Waals surface area contributed by atoms with E-state index in [9.17, 15) is 4.79 Å². The molecule has 0 aliphatic rings. The van der Waals surface area contributed by atoms with Gasteiger partial charge in [0.25, 0.3) is 5.56 Å². The lowest BCUT2D eigenvalue weighted by Gasteiger charge is -2.15. The Bertz CT molecular complexity index is 1250. The highest BCUT2D eigenvalue weighted by Gasteiger charge is 2.15. The summed E-state index contributed by atoms with van der Waals surface area (Å²) < 4.78 is 7.50. The Hall–Kier alpha value is -3.40. The van der Waals surface area contributed by atoms with Crippen molar-refractivity contribution in [1.29, 1.82) is 0 Å². The molecule has 0 aliphatic heterocycles. The Balaban J connectivity index is 1.91. The van der Waals surface area contributed by atoms with Gasteiger partial charge in [0, 0.05) is 5.56 Å². The second-order valence-electron chi connectivity index (χ2n) is 8.16. The third-order valence-corrected chi connectivity index (χ3v) is 4.98. The van der Waals surface area contributed by atoms with Crippen LogP contribution >= 0.6 is 0 Å². The average Bonchev–Trinajstić information content (AvgIpc) is 2.73. The van der Waals surface area contributed by atoms with Crippen molar-refractivity contribution in [3.63, 3.8) is 0 Å². The van der Waals surface area contributed by atoms with Gasteiger partial charge in [-0.25, -0.2) is 4.98 Å². The normalized spacial score (nSPS) is 11.2. The van der Waals surface area contributed by atoms with Gasteiger partial charge in [-0.2, -0.15) is 0 Å². The standard InChI is InChI=1S/C26H26N2O2/c1-17(2)16-30-22-11-9-21(10-12-22)28-25(20-7-5-6-18(3)14-20)27-24-13-8-19(4)15-23(24)26(28)29/h5-15,17H,16H2,1-4H3. The van der Waals surface area contributed by atoms with Gasteiger partial charge in [-0.3, -0.25) is 9.36 Å². The molecule has 4 rings (SSSR count). The van der Waals surface area contributed by atoms with E-state index in [4.69, 9.17) is 9.72 Å². The predicted octanol–water partition coefficient (Wildman–Crippen LogP) is 5.70. The van der Waals surface area contributed by atoms with Gasteiger partial charge in [0.1, 0.15) is 11.6 Å². The first-order valence-corrected chi connectivity index (χ1v) is 10.3. The van der Waals surface area contributed by atoms with Crippen LogP contribution in [0.3, 0.4) is 0 Å². The maximum atomic E-state index is 13.6. The Morgan fingerprint density at radius 2 is 1.67 bits per heavy atom. The fraction of sp³-hybridized carbons (Fsp3) is 0.231. The topological polar surface area (TPSA) is 44.1 Å². The van der Waals surface area contributed by atoms with Crippen LogP contribution in [0, 0.1) is 19.8 Å². The van der Waals surface area contributed by atoms with Crippen LogP contribution in [0.5, 0.6) is 5.75 Å². The first-order chi connectivity index (χ1) is 14.4. The maximum absolute atomic E-state index is 13.6. The highest BCUT2D eigenvalue weighted by Crippen LogP contribution is 2.24. The largest absolute Gasteiger partial charge is 0.493 e. The summed E-state index contributed by atoms with van der Waals surface area (Å²) in [6.07, 6.45) is 0. The lowest BCUT2D eigenvalue weighted by molar-refractivity contribution is 0.271. The molecule has 30 heavy (non-hydrogen) atoms. The molecule has 0 radical (unpaired) electrons. The number of aromatic nitrogens is 2. The van der Waals surface area contributed by atoms with Crippen LogP contribution in [0.4, 0.5) is 0 Å². The summed E-state index contributed by atoms with van der Waals surface area (Å²) in [4.78, 5) is 18.4. The first kappa shape index (κ1) is 19.9. The molecule has 4 nitrogen and oxygen atoms in total. The fourth-order valence-corrected chi connectivity index (χ4v) is 3.47. The van der Waals surface area contributed by atoms with Crippen LogP contribution in [0.15, 0.2) is 71.5 Å². The van der Waals surface area contributed by atoms with Crippen molar-refractivity contribution in [3.8, 4) is 22.8 Å². The lowest BCUT2D eigenvalue weighted by atomic mass is 10.1. The summed E-state index contributed by atoms with van der Waals surface area (Å²) in [7, 11) is 0. The van der Waals surface area contributed by atoms with Gasteiger partial charge in [0.05, 0.1) is 23.2 Å². The minimum Gasteiger partial charge on any atom is -0.493 e. The third kappa shape index (κ3) is 3.99. The molecule has 1 heterocycles. The number of rotatable bonds is 5. The summed E-state index contributed by atoms with van der Waals surface area (Å²) in [5, 5.41) is 0.617. The smallest absolute Gasteiger partial charge is 0.266 e. The van der Waals surface area contributed by atoms with Crippen molar-refractivity contribution in [3.05, 3.63) is 88.2 Å². The second-order valence-corrected chi connectivity index (χ2v) is 8.16. The van der Waals surface area contributed by atoms with E-state index in [1.807, 2.05) is 74.5 Å².